The lowest BCUT2D eigenvalue weighted by Gasteiger charge is -2.14. The molecule has 3 rings (SSSR count). The maximum atomic E-state index is 12.2. The molecule has 0 bridgehead atoms. The van der Waals surface area contributed by atoms with Gasteiger partial charge in [0.2, 0.25) is 0 Å². The van der Waals surface area contributed by atoms with Crippen molar-refractivity contribution in [2.45, 2.75) is 18.9 Å². The van der Waals surface area contributed by atoms with Crippen LogP contribution in [0, 0.1) is 5.92 Å². The topological polar surface area (TPSA) is 72.9 Å². The fraction of sp³-hybridized carbons (Fsp3) is 0.333. The Kier molecular flexibility index (Phi) is 5.45. The van der Waals surface area contributed by atoms with Crippen LogP contribution in [0.5, 0.6) is 0 Å². The number of carbonyl (C=O) groups is 1. The summed E-state index contributed by atoms with van der Waals surface area (Å²) in [6.07, 6.45) is 5.53. The van der Waals surface area contributed by atoms with Gasteiger partial charge in [0.15, 0.2) is 0 Å². The molecule has 1 amide bonds. The zero-order valence-electron chi connectivity index (χ0n) is 11.9. The summed E-state index contributed by atoms with van der Waals surface area (Å²) in [4.78, 5) is 12.2. The van der Waals surface area contributed by atoms with Crippen LogP contribution in [-0.4, -0.2) is 28.3 Å². The Hall–Kier alpha value is -1.56. The second kappa shape index (κ2) is 7.13. The number of hydrogen-bond acceptors (Lipinski definition) is 3. The van der Waals surface area contributed by atoms with Crippen molar-refractivity contribution >= 4 is 29.9 Å². The summed E-state index contributed by atoms with van der Waals surface area (Å²) >= 11 is 5.96. The van der Waals surface area contributed by atoms with Gasteiger partial charge in [0.05, 0.1) is 17.4 Å². The van der Waals surface area contributed by atoms with Gasteiger partial charge >= 0.3 is 0 Å². The standard InChI is InChI=1S/C15H17ClN4O.ClH/c16-12-2-1-3-13(6-12)20-9-11(8-18-20)15(21)19-14(7-17)10-4-5-10;/h1-3,6,8-10,14H,4-5,7,17H2,(H,19,21);1H. The number of carbonyl (C=O) groups excluding carboxylic acids is 1. The van der Waals surface area contributed by atoms with Crippen LogP contribution in [0.1, 0.15) is 23.2 Å². The number of hydrogen-bond donors (Lipinski definition) is 2. The second-order valence-electron chi connectivity index (χ2n) is 5.31. The van der Waals surface area contributed by atoms with Gasteiger partial charge in [-0.25, -0.2) is 4.68 Å². The zero-order chi connectivity index (χ0) is 14.8. The third-order valence-electron chi connectivity index (χ3n) is 3.68. The lowest BCUT2D eigenvalue weighted by Crippen LogP contribution is -2.41. The molecule has 1 saturated carbocycles. The molecule has 1 heterocycles. The van der Waals surface area contributed by atoms with E-state index in [1.54, 1.807) is 29.2 Å². The summed E-state index contributed by atoms with van der Waals surface area (Å²) in [6, 6.07) is 7.38. The molecule has 7 heteroatoms. The van der Waals surface area contributed by atoms with Crippen LogP contribution in [0.15, 0.2) is 36.7 Å². The van der Waals surface area contributed by atoms with E-state index in [-0.39, 0.29) is 24.4 Å². The fourth-order valence-electron chi connectivity index (χ4n) is 2.32. The Balaban J connectivity index is 0.00000176. The molecule has 0 aliphatic heterocycles. The molecule has 22 heavy (non-hydrogen) atoms. The van der Waals surface area contributed by atoms with Crippen molar-refractivity contribution < 1.29 is 4.79 Å². The summed E-state index contributed by atoms with van der Waals surface area (Å²) in [5, 5.41) is 7.82. The van der Waals surface area contributed by atoms with Crippen LogP contribution >= 0.6 is 24.0 Å². The molecule has 1 aromatic heterocycles. The first-order chi connectivity index (χ1) is 10.2. The van der Waals surface area contributed by atoms with Crippen molar-refractivity contribution in [3.8, 4) is 5.69 Å². The number of nitrogens with two attached hydrogens (primary N) is 1. The van der Waals surface area contributed by atoms with Gasteiger partial charge < -0.3 is 11.1 Å². The Labute approximate surface area is 140 Å². The molecule has 1 unspecified atom stereocenters. The zero-order valence-corrected chi connectivity index (χ0v) is 13.5. The maximum Gasteiger partial charge on any atom is 0.254 e. The van der Waals surface area contributed by atoms with E-state index in [0.29, 0.717) is 23.0 Å². The molecule has 3 N–H and O–H groups in total. The molecule has 5 nitrogen and oxygen atoms in total. The number of benzene rings is 1. The lowest BCUT2D eigenvalue weighted by molar-refractivity contribution is 0.0933. The summed E-state index contributed by atoms with van der Waals surface area (Å²) in [7, 11) is 0. The Bertz CT molecular complexity index is 654. The molecule has 0 spiro atoms. The molecule has 0 radical (unpaired) electrons. The van der Waals surface area contributed by atoms with Gasteiger partial charge in [-0.1, -0.05) is 17.7 Å². The van der Waals surface area contributed by atoms with E-state index in [4.69, 9.17) is 17.3 Å². The molecule has 1 aliphatic carbocycles. The normalized spacial score (nSPS) is 15.0. The van der Waals surface area contributed by atoms with E-state index < -0.39 is 0 Å². The van der Waals surface area contributed by atoms with Gasteiger partial charge in [-0.05, 0) is 37.0 Å². The molecular formula is C15H18Cl2N4O. The Morgan fingerprint density at radius 3 is 2.91 bits per heavy atom. The van der Waals surface area contributed by atoms with E-state index in [9.17, 15) is 4.79 Å². The highest BCUT2D eigenvalue weighted by molar-refractivity contribution is 6.30. The fourth-order valence-corrected chi connectivity index (χ4v) is 2.50. The van der Waals surface area contributed by atoms with Crippen LogP contribution in [-0.2, 0) is 0 Å². The van der Waals surface area contributed by atoms with Gasteiger partial charge in [-0.3, -0.25) is 4.79 Å². The van der Waals surface area contributed by atoms with Crippen molar-refractivity contribution in [1.82, 2.24) is 15.1 Å². The number of nitrogens with one attached hydrogen (secondary N) is 1. The lowest BCUT2D eigenvalue weighted by atomic mass is 10.2. The summed E-state index contributed by atoms with van der Waals surface area (Å²) < 4.78 is 1.63. The third-order valence-corrected chi connectivity index (χ3v) is 3.91. The molecular weight excluding hydrogens is 323 g/mol. The maximum absolute atomic E-state index is 12.2. The number of aromatic nitrogens is 2. The van der Waals surface area contributed by atoms with Crippen molar-refractivity contribution in [3.63, 3.8) is 0 Å². The molecule has 1 atom stereocenters. The summed E-state index contributed by atoms with van der Waals surface area (Å²) in [6.45, 7) is 0.471. The van der Waals surface area contributed by atoms with Gasteiger partial charge in [0.25, 0.3) is 5.91 Å². The smallest absolute Gasteiger partial charge is 0.254 e. The van der Waals surface area contributed by atoms with Crippen LogP contribution in [0.2, 0.25) is 5.02 Å². The van der Waals surface area contributed by atoms with Crippen LogP contribution in [0.3, 0.4) is 0 Å². The minimum atomic E-state index is -0.134. The van der Waals surface area contributed by atoms with E-state index in [2.05, 4.69) is 10.4 Å². The van der Waals surface area contributed by atoms with Crippen LogP contribution in [0.25, 0.3) is 5.69 Å². The first-order valence-electron chi connectivity index (χ1n) is 6.99. The predicted octanol–water partition coefficient (Wildman–Crippen LogP) is 2.41. The number of amides is 1. The van der Waals surface area contributed by atoms with E-state index in [1.165, 1.54) is 0 Å². The van der Waals surface area contributed by atoms with Crippen LogP contribution < -0.4 is 11.1 Å². The molecule has 2 aromatic rings. The third kappa shape index (κ3) is 3.80. The van der Waals surface area contributed by atoms with E-state index in [1.807, 2.05) is 12.1 Å². The molecule has 0 saturated heterocycles. The van der Waals surface area contributed by atoms with E-state index in [0.717, 1.165) is 18.5 Å². The van der Waals surface area contributed by atoms with E-state index >= 15 is 0 Å². The predicted molar refractivity (Wildman–Crippen MR) is 88.9 cm³/mol. The largest absolute Gasteiger partial charge is 0.348 e. The highest BCUT2D eigenvalue weighted by Gasteiger charge is 2.31. The van der Waals surface area contributed by atoms with Crippen LogP contribution in [0.4, 0.5) is 0 Å². The Morgan fingerprint density at radius 1 is 1.50 bits per heavy atom. The van der Waals surface area contributed by atoms with Gasteiger partial charge in [-0.15, -0.1) is 12.4 Å². The second-order valence-corrected chi connectivity index (χ2v) is 5.74. The van der Waals surface area contributed by atoms with Crippen molar-refractivity contribution in [3.05, 3.63) is 47.2 Å². The minimum absolute atomic E-state index is 0. The molecule has 1 fully saturated rings. The average molecular weight is 341 g/mol. The number of rotatable bonds is 5. The molecule has 118 valence electrons. The average Bonchev–Trinajstić information content (AvgIpc) is 3.20. The number of nitrogens with zero attached hydrogens (tertiary/aromatic N) is 2. The summed E-state index contributed by atoms with van der Waals surface area (Å²) in [5.74, 6) is 0.396. The molecule has 1 aliphatic rings. The van der Waals surface area contributed by atoms with Gasteiger partial charge in [-0.2, -0.15) is 5.10 Å². The minimum Gasteiger partial charge on any atom is -0.348 e. The Morgan fingerprint density at radius 2 is 2.27 bits per heavy atom. The highest BCUT2D eigenvalue weighted by Crippen LogP contribution is 2.32. The first kappa shape index (κ1) is 16.8. The van der Waals surface area contributed by atoms with Gasteiger partial charge in [0, 0.05) is 23.8 Å². The highest BCUT2D eigenvalue weighted by atomic mass is 35.5. The van der Waals surface area contributed by atoms with Crippen molar-refractivity contribution in [2.75, 3.05) is 6.54 Å². The molecule has 1 aromatic carbocycles. The SMILES string of the molecule is Cl.NCC(NC(=O)c1cnn(-c2cccc(Cl)c2)c1)C1CC1. The first-order valence-corrected chi connectivity index (χ1v) is 7.36. The van der Waals surface area contributed by atoms with Gasteiger partial charge in [0.1, 0.15) is 0 Å². The number of halogens is 2. The van der Waals surface area contributed by atoms with Crippen molar-refractivity contribution in [1.29, 1.82) is 0 Å². The summed E-state index contributed by atoms with van der Waals surface area (Å²) in [5.41, 5.74) is 7.04. The quantitative estimate of drug-likeness (QED) is 0.877. The van der Waals surface area contributed by atoms with Crippen molar-refractivity contribution in [2.24, 2.45) is 11.7 Å². The monoisotopic (exact) mass is 340 g/mol.